The fourth-order valence-corrected chi connectivity index (χ4v) is 3.98. The van der Waals surface area contributed by atoms with Crippen molar-refractivity contribution in [3.63, 3.8) is 0 Å². The molecule has 2 aliphatic rings. The van der Waals surface area contributed by atoms with Crippen molar-refractivity contribution in [3.8, 4) is 0 Å². The Hall–Kier alpha value is -3.10. The number of aromatic carboxylic acids is 1. The minimum Gasteiger partial charge on any atom is -0.477 e. The molecule has 2 aromatic rings. The highest BCUT2D eigenvalue weighted by Gasteiger charge is 2.30. The summed E-state index contributed by atoms with van der Waals surface area (Å²) < 4.78 is 22.1. The van der Waals surface area contributed by atoms with E-state index < -0.39 is 28.9 Å². The number of nitrogens with one attached hydrogen (secondary N) is 1. The number of carboxylic acids is 1. The minimum absolute atomic E-state index is 0.0654. The predicted molar refractivity (Wildman–Crippen MR) is 113 cm³/mol. The van der Waals surface area contributed by atoms with Crippen LogP contribution < -0.4 is 15.6 Å². The SMILES string of the molecule is CC(C)(C)OC(=O)NC1CCN(c2cc3c(cc2F)c(=O)c(C(=O)O)cn3C2CC2)C1. The highest BCUT2D eigenvalue weighted by Crippen LogP contribution is 2.38. The molecule has 8 nitrogen and oxygen atoms in total. The number of aromatic nitrogens is 1. The lowest BCUT2D eigenvalue weighted by Gasteiger charge is -2.23. The normalized spacial score (nSPS) is 19.0. The molecule has 0 bridgehead atoms. The number of hydrogen-bond donors (Lipinski definition) is 2. The van der Waals surface area contributed by atoms with Gasteiger partial charge in [0.15, 0.2) is 0 Å². The van der Waals surface area contributed by atoms with Crippen molar-refractivity contribution < 1.29 is 23.8 Å². The predicted octanol–water partition coefficient (Wildman–Crippen LogP) is 3.28. The molecule has 1 aromatic heterocycles. The van der Waals surface area contributed by atoms with Gasteiger partial charge in [0, 0.05) is 30.7 Å². The molecule has 1 unspecified atom stereocenters. The van der Waals surface area contributed by atoms with E-state index in [4.69, 9.17) is 4.74 Å². The summed E-state index contributed by atoms with van der Waals surface area (Å²) in [5.41, 5.74) is -0.783. The van der Waals surface area contributed by atoms with Crippen LogP contribution in [-0.4, -0.2) is 46.5 Å². The largest absolute Gasteiger partial charge is 0.477 e. The number of hydrogen-bond acceptors (Lipinski definition) is 5. The number of carboxylic acid groups (broad SMARTS) is 1. The maximum Gasteiger partial charge on any atom is 0.407 e. The third-order valence-electron chi connectivity index (χ3n) is 5.52. The van der Waals surface area contributed by atoms with Crippen LogP contribution in [0.2, 0.25) is 0 Å². The fraction of sp³-hybridized carbons (Fsp3) is 0.500. The van der Waals surface area contributed by atoms with Crippen LogP contribution in [0.25, 0.3) is 10.9 Å². The molecule has 4 rings (SSSR count). The maximum absolute atomic E-state index is 15.0. The summed E-state index contributed by atoms with van der Waals surface area (Å²) in [5.74, 6) is -1.91. The van der Waals surface area contributed by atoms with Gasteiger partial charge in [-0.1, -0.05) is 0 Å². The number of amides is 1. The Balaban J connectivity index is 1.63. The molecule has 1 aliphatic heterocycles. The van der Waals surface area contributed by atoms with Gasteiger partial charge in [-0.3, -0.25) is 4.79 Å². The monoisotopic (exact) mass is 431 g/mol. The Bertz CT molecular complexity index is 1120. The first kappa shape index (κ1) is 21.1. The van der Waals surface area contributed by atoms with Crippen molar-refractivity contribution >= 4 is 28.7 Å². The molecule has 0 radical (unpaired) electrons. The van der Waals surface area contributed by atoms with E-state index in [1.54, 1.807) is 31.4 Å². The number of rotatable bonds is 4. The summed E-state index contributed by atoms with van der Waals surface area (Å²) in [7, 11) is 0. The van der Waals surface area contributed by atoms with Crippen LogP contribution in [0.3, 0.4) is 0 Å². The minimum atomic E-state index is -1.32. The van der Waals surface area contributed by atoms with Crippen LogP contribution in [0.1, 0.15) is 56.4 Å². The van der Waals surface area contributed by atoms with Crippen LogP contribution >= 0.6 is 0 Å². The van der Waals surface area contributed by atoms with Crippen LogP contribution in [-0.2, 0) is 4.74 Å². The number of anilines is 1. The highest BCUT2D eigenvalue weighted by atomic mass is 19.1. The number of fused-ring (bicyclic) bond motifs is 1. The average Bonchev–Trinajstić information content (AvgIpc) is 3.39. The topological polar surface area (TPSA) is 101 Å². The number of carbonyl (C=O) groups excluding carboxylic acids is 1. The molecular formula is C22H26FN3O5. The van der Waals surface area contributed by atoms with E-state index >= 15 is 0 Å². The maximum atomic E-state index is 15.0. The first-order valence-electron chi connectivity index (χ1n) is 10.4. The first-order valence-corrected chi connectivity index (χ1v) is 10.4. The molecule has 166 valence electrons. The molecule has 0 spiro atoms. The molecule has 2 heterocycles. The Morgan fingerprint density at radius 2 is 1.94 bits per heavy atom. The van der Waals surface area contributed by atoms with Gasteiger partial charge < -0.3 is 24.6 Å². The molecule has 1 amide bonds. The zero-order chi connectivity index (χ0) is 22.5. The Kier molecular flexibility index (Phi) is 5.15. The van der Waals surface area contributed by atoms with E-state index in [1.807, 2.05) is 4.90 Å². The Morgan fingerprint density at radius 1 is 1.23 bits per heavy atom. The average molecular weight is 431 g/mol. The third kappa shape index (κ3) is 4.35. The van der Waals surface area contributed by atoms with E-state index in [0.29, 0.717) is 30.7 Å². The first-order chi connectivity index (χ1) is 14.5. The van der Waals surface area contributed by atoms with Crippen molar-refractivity contribution in [2.45, 2.75) is 57.7 Å². The molecule has 1 saturated heterocycles. The number of alkyl carbamates (subject to hydrolysis) is 1. The van der Waals surface area contributed by atoms with Gasteiger partial charge in [-0.25, -0.2) is 14.0 Å². The fourth-order valence-electron chi connectivity index (χ4n) is 3.98. The third-order valence-corrected chi connectivity index (χ3v) is 5.52. The molecule has 1 saturated carbocycles. The Labute approximate surface area is 178 Å². The second kappa shape index (κ2) is 7.55. The van der Waals surface area contributed by atoms with E-state index in [9.17, 15) is 23.9 Å². The van der Waals surface area contributed by atoms with Crippen LogP contribution in [0.15, 0.2) is 23.1 Å². The summed E-state index contributed by atoms with van der Waals surface area (Å²) in [6.07, 6.45) is 3.25. The summed E-state index contributed by atoms with van der Waals surface area (Å²) >= 11 is 0. The van der Waals surface area contributed by atoms with E-state index in [1.165, 1.54) is 6.20 Å². The van der Waals surface area contributed by atoms with Gasteiger partial charge in [-0.15, -0.1) is 0 Å². The molecule has 2 fully saturated rings. The van der Waals surface area contributed by atoms with Crippen molar-refractivity contribution in [2.24, 2.45) is 0 Å². The van der Waals surface area contributed by atoms with Crippen LogP contribution in [0.5, 0.6) is 0 Å². The smallest absolute Gasteiger partial charge is 0.407 e. The zero-order valence-electron chi connectivity index (χ0n) is 17.8. The van der Waals surface area contributed by atoms with Crippen molar-refractivity contribution in [2.75, 3.05) is 18.0 Å². The van der Waals surface area contributed by atoms with Crippen molar-refractivity contribution in [1.29, 1.82) is 0 Å². The lowest BCUT2D eigenvalue weighted by atomic mass is 10.1. The molecule has 9 heteroatoms. The van der Waals surface area contributed by atoms with Gasteiger partial charge in [-0.05, 0) is 52.2 Å². The summed E-state index contributed by atoms with van der Waals surface area (Å²) in [6.45, 7) is 6.29. The number of halogens is 1. The lowest BCUT2D eigenvalue weighted by Crippen LogP contribution is -2.40. The van der Waals surface area contributed by atoms with Crippen LogP contribution in [0, 0.1) is 5.82 Å². The quantitative estimate of drug-likeness (QED) is 0.771. The standard InChI is InChI=1S/C22H26FN3O5/c1-22(2,3)31-21(30)24-12-6-7-25(10-12)18-9-17-14(8-16(18)23)19(27)15(20(28)29)11-26(17)13-4-5-13/h8-9,11-13H,4-7,10H2,1-3H3,(H,24,30)(H,28,29). The van der Waals surface area contributed by atoms with Gasteiger partial charge in [-0.2, -0.15) is 0 Å². The number of pyridine rings is 1. The van der Waals surface area contributed by atoms with Gasteiger partial charge >= 0.3 is 12.1 Å². The zero-order valence-corrected chi connectivity index (χ0v) is 17.8. The van der Waals surface area contributed by atoms with E-state index in [0.717, 1.165) is 18.9 Å². The molecule has 1 aliphatic carbocycles. The Morgan fingerprint density at radius 3 is 2.55 bits per heavy atom. The lowest BCUT2D eigenvalue weighted by molar-refractivity contribution is 0.0508. The number of ether oxygens (including phenoxy) is 1. The van der Waals surface area contributed by atoms with Gasteiger partial charge in [0.1, 0.15) is 17.0 Å². The van der Waals surface area contributed by atoms with E-state index in [2.05, 4.69) is 5.32 Å². The number of carbonyl (C=O) groups is 2. The van der Waals surface area contributed by atoms with E-state index in [-0.39, 0.29) is 23.0 Å². The molecule has 2 N–H and O–H groups in total. The van der Waals surface area contributed by atoms with Crippen molar-refractivity contribution in [1.82, 2.24) is 9.88 Å². The molecule has 1 aromatic carbocycles. The summed E-state index contributed by atoms with van der Waals surface area (Å²) in [6, 6.07) is 2.67. The molecular weight excluding hydrogens is 405 g/mol. The van der Waals surface area contributed by atoms with Gasteiger partial charge in [0.2, 0.25) is 5.43 Å². The summed E-state index contributed by atoms with van der Waals surface area (Å²) in [5, 5.41) is 12.2. The van der Waals surface area contributed by atoms with Gasteiger partial charge in [0.05, 0.1) is 17.2 Å². The van der Waals surface area contributed by atoms with Crippen molar-refractivity contribution in [3.05, 3.63) is 39.9 Å². The second-order valence-electron chi connectivity index (χ2n) is 9.21. The van der Waals surface area contributed by atoms with Gasteiger partial charge in [0.25, 0.3) is 0 Å². The highest BCUT2D eigenvalue weighted by molar-refractivity contribution is 5.93. The number of benzene rings is 1. The van der Waals surface area contributed by atoms with Crippen LogP contribution in [0.4, 0.5) is 14.9 Å². The molecule has 1 atom stereocenters. The number of nitrogens with zero attached hydrogens (tertiary/aromatic N) is 2. The summed E-state index contributed by atoms with van der Waals surface area (Å²) in [4.78, 5) is 37.9. The molecule has 31 heavy (non-hydrogen) atoms. The second-order valence-corrected chi connectivity index (χ2v) is 9.21.